The van der Waals surface area contributed by atoms with Gasteiger partial charge >= 0.3 is 0 Å². The summed E-state index contributed by atoms with van der Waals surface area (Å²) in [6.07, 6.45) is 5.86. The molecule has 28 heavy (non-hydrogen) atoms. The average molecular weight is 381 g/mol. The molecule has 1 atom stereocenters. The predicted octanol–water partition coefficient (Wildman–Crippen LogP) is 1.75. The van der Waals surface area contributed by atoms with Crippen LogP contribution in [0.25, 0.3) is 22.9 Å². The third kappa shape index (κ3) is 2.82. The fraction of sp³-hybridized carbons (Fsp3) is 0.474. The van der Waals surface area contributed by atoms with E-state index in [1.807, 2.05) is 23.1 Å². The Bertz CT molecular complexity index is 1010. The highest BCUT2D eigenvalue weighted by Crippen LogP contribution is 2.35. The molecule has 5 rings (SSSR count). The quantitative estimate of drug-likeness (QED) is 0.738. The van der Waals surface area contributed by atoms with Crippen molar-refractivity contribution in [1.82, 2.24) is 29.3 Å². The number of aromatic nitrogens is 6. The second-order valence-electron chi connectivity index (χ2n) is 7.54. The van der Waals surface area contributed by atoms with Crippen LogP contribution in [0.5, 0.6) is 5.75 Å². The lowest BCUT2D eigenvalue weighted by Crippen LogP contribution is -2.22. The molecule has 2 aliphatic rings. The number of anilines is 1. The number of hydrogen-bond acceptors (Lipinski definition) is 7. The molecule has 0 radical (unpaired) electrons. The van der Waals surface area contributed by atoms with Crippen molar-refractivity contribution < 1.29 is 9.84 Å². The summed E-state index contributed by atoms with van der Waals surface area (Å²) in [6, 6.07) is 2.16. The van der Waals surface area contributed by atoms with E-state index in [1.165, 1.54) is 0 Å². The molecular formula is C19H23N7O2. The number of nitrogens with zero attached hydrogens (tertiary/aromatic N) is 7. The highest BCUT2D eigenvalue weighted by molar-refractivity contribution is 5.69. The molecule has 0 saturated carbocycles. The van der Waals surface area contributed by atoms with E-state index in [0.717, 1.165) is 47.4 Å². The molecule has 9 heteroatoms. The fourth-order valence-corrected chi connectivity index (χ4v) is 3.81. The van der Waals surface area contributed by atoms with E-state index in [4.69, 9.17) is 9.72 Å². The van der Waals surface area contributed by atoms with Gasteiger partial charge in [-0.2, -0.15) is 5.10 Å². The molecule has 1 saturated heterocycles. The molecule has 3 aromatic rings. The molecule has 1 N–H and O–H groups in total. The molecule has 0 amide bonds. The lowest BCUT2D eigenvalue weighted by atomic mass is 10.2. The van der Waals surface area contributed by atoms with Crippen LogP contribution in [-0.2, 0) is 6.54 Å². The van der Waals surface area contributed by atoms with Crippen molar-refractivity contribution in [3.8, 4) is 28.7 Å². The minimum atomic E-state index is -0.290. The summed E-state index contributed by atoms with van der Waals surface area (Å²) >= 11 is 0. The van der Waals surface area contributed by atoms with Crippen molar-refractivity contribution in [2.24, 2.45) is 0 Å². The van der Waals surface area contributed by atoms with Crippen LogP contribution in [0.4, 0.5) is 5.82 Å². The Morgan fingerprint density at radius 1 is 1.21 bits per heavy atom. The Morgan fingerprint density at radius 3 is 2.89 bits per heavy atom. The molecule has 5 heterocycles. The zero-order chi connectivity index (χ0) is 19.3. The molecule has 9 nitrogen and oxygen atoms in total. The third-order valence-corrected chi connectivity index (χ3v) is 5.24. The van der Waals surface area contributed by atoms with Crippen LogP contribution >= 0.6 is 0 Å². The number of ether oxygens (including phenoxy) is 1. The highest BCUT2D eigenvalue weighted by Gasteiger charge is 2.25. The Labute approximate surface area is 162 Å². The van der Waals surface area contributed by atoms with Gasteiger partial charge < -0.3 is 19.3 Å². The zero-order valence-corrected chi connectivity index (χ0v) is 16.0. The molecule has 0 aromatic carbocycles. The van der Waals surface area contributed by atoms with Crippen molar-refractivity contribution >= 4 is 5.82 Å². The van der Waals surface area contributed by atoms with Gasteiger partial charge in [0.15, 0.2) is 5.82 Å². The van der Waals surface area contributed by atoms with Crippen molar-refractivity contribution in [3.05, 3.63) is 24.8 Å². The number of hydrogen-bond donors (Lipinski definition) is 1. The summed E-state index contributed by atoms with van der Waals surface area (Å²) in [5.74, 6) is 3.18. The summed E-state index contributed by atoms with van der Waals surface area (Å²) in [7, 11) is 0. The molecular weight excluding hydrogens is 358 g/mol. The number of rotatable bonds is 3. The van der Waals surface area contributed by atoms with Crippen molar-refractivity contribution in [3.63, 3.8) is 0 Å². The molecule has 0 unspecified atom stereocenters. The van der Waals surface area contributed by atoms with Gasteiger partial charge in [0.05, 0.1) is 18.2 Å². The van der Waals surface area contributed by atoms with Crippen LogP contribution in [-0.4, -0.2) is 60.2 Å². The van der Waals surface area contributed by atoms with Gasteiger partial charge in [0, 0.05) is 37.6 Å². The fourth-order valence-electron chi connectivity index (χ4n) is 3.81. The van der Waals surface area contributed by atoms with Gasteiger partial charge in [-0.25, -0.2) is 19.6 Å². The number of aliphatic hydroxyl groups excluding tert-OH is 1. The van der Waals surface area contributed by atoms with Gasteiger partial charge in [-0.15, -0.1) is 0 Å². The van der Waals surface area contributed by atoms with Crippen LogP contribution in [0.1, 0.15) is 26.3 Å². The number of pyridine rings is 1. The zero-order valence-electron chi connectivity index (χ0n) is 16.0. The summed E-state index contributed by atoms with van der Waals surface area (Å²) < 4.78 is 9.95. The van der Waals surface area contributed by atoms with Gasteiger partial charge in [-0.05, 0) is 20.3 Å². The van der Waals surface area contributed by atoms with Crippen LogP contribution in [0.3, 0.4) is 0 Å². The molecule has 3 aromatic heterocycles. The maximum atomic E-state index is 9.80. The van der Waals surface area contributed by atoms with Crippen LogP contribution in [0.15, 0.2) is 24.8 Å². The molecule has 146 valence electrons. The summed E-state index contributed by atoms with van der Waals surface area (Å²) in [5.41, 5.74) is 1.66. The third-order valence-electron chi connectivity index (χ3n) is 5.24. The highest BCUT2D eigenvalue weighted by atomic mass is 16.5. The minimum absolute atomic E-state index is 0.203. The predicted molar refractivity (Wildman–Crippen MR) is 103 cm³/mol. The Balaban J connectivity index is 1.54. The first kappa shape index (κ1) is 17.2. The van der Waals surface area contributed by atoms with Crippen molar-refractivity contribution in [2.75, 3.05) is 24.6 Å². The average Bonchev–Trinajstić information content (AvgIpc) is 3.39. The second-order valence-corrected chi connectivity index (χ2v) is 7.54. The first-order valence-corrected chi connectivity index (χ1v) is 9.63. The van der Waals surface area contributed by atoms with E-state index in [-0.39, 0.29) is 12.1 Å². The number of imidazole rings is 1. The van der Waals surface area contributed by atoms with E-state index in [9.17, 15) is 5.11 Å². The van der Waals surface area contributed by atoms with Crippen LogP contribution < -0.4 is 9.64 Å². The Kier molecular flexibility index (Phi) is 4.04. The van der Waals surface area contributed by atoms with Gasteiger partial charge in [-0.3, -0.25) is 0 Å². The van der Waals surface area contributed by atoms with Crippen molar-refractivity contribution in [1.29, 1.82) is 0 Å². The number of β-amino-alcohol motifs (C(OH)–C–C–N with tert-alkyl or cyclic N) is 1. The summed E-state index contributed by atoms with van der Waals surface area (Å²) in [4.78, 5) is 15.9. The van der Waals surface area contributed by atoms with Gasteiger partial charge in [0.2, 0.25) is 0 Å². The normalized spacial score (nSPS) is 18.7. The van der Waals surface area contributed by atoms with E-state index in [1.54, 1.807) is 6.33 Å². The maximum absolute atomic E-state index is 9.80. The molecule has 0 aliphatic carbocycles. The topological polar surface area (TPSA) is 94.1 Å². The molecule has 2 aliphatic heterocycles. The van der Waals surface area contributed by atoms with Crippen LogP contribution in [0.2, 0.25) is 0 Å². The van der Waals surface area contributed by atoms with Gasteiger partial charge in [0.1, 0.15) is 36.0 Å². The SMILES string of the molecule is CC(C)n1ncnc1-c1cn2c(n1)-c1cnc(N3CC[C@H](O)C3)cc1OCC2. The molecule has 0 spiro atoms. The summed E-state index contributed by atoms with van der Waals surface area (Å²) in [6.45, 7) is 6.81. The largest absolute Gasteiger partial charge is 0.491 e. The lowest BCUT2D eigenvalue weighted by Gasteiger charge is -2.18. The van der Waals surface area contributed by atoms with E-state index in [2.05, 4.69) is 38.4 Å². The Hall–Kier alpha value is -2.94. The molecule has 1 fully saturated rings. The van der Waals surface area contributed by atoms with Crippen molar-refractivity contribution in [2.45, 2.75) is 39.0 Å². The van der Waals surface area contributed by atoms with Crippen LogP contribution in [0, 0.1) is 0 Å². The maximum Gasteiger partial charge on any atom is 0.178 e. The van der Waals surface area contributed by atoms with E-state index in [0.29, 0.717) is 19.7 Å². The Morgan fingerprint density at radius 2 is 2.11 bits per heavy atom. The molecule has 0 bridgehead atoms. The lowest BCUT2D eigenvalue weighted by molar-refractivity contribution is 0.198. The van der Waals surface area contributed by atoms with E-state index < -0.39 is 0 Å². The standard InChI is InChI=1S/C19H23N7O2/c1-12(2)26-19(21-11-22-26)15-10-25-5-6-28-16-7-17(24-4-3-13(27)9-24)20-8-14(16)18(25)23-15/h7-8,10-13,27H,3-6,9H2,1-2H3/t13-/m0/s1. The number of fused-ring (bicyclic) bond motifs is 3. The minimum Gasteiger partial charge on any atom is -0.491 e. The van der Waals surface area contributed by atoms with Gasteiger partial charge in [0.25, 0.3) is 0 Å². The summed E-state index contributed by atoms with van der Waals surface area (Å²) in [5, 5.41) is 14.1. The first-order chi connectivity index (χ1) is 13.6. The first-order valence-electron chi connectivity index (χ1n) is 9.63. The van der Waals surface area contributed by atoms with Gasteiger partial charge in [-0.1, -0.05) is 0 Å². The number of aliphatic hydroxyl groups is 1. The van der Waals surface area contributed by atoms with E-state index >= 15 is 0 Å². The smallest absolute Gasteiger partial charge is 0.178 e. The second kappa shape index (κ2) is 6.59. The monoisotopic (exact) mass is 381 g/mol.